The summed E-state index contributed by atoms with van der Waals surface area (Å²) in [5.41, 5.74) is 0. The summed E-state index contributed by atoms with van der Waals surface area (Å²) in [6.45, 7) is -2.28. The summed E-state index contributed by atoms with van der Waals surface area (Å²) in [6, 6.07) is 0. The van der Waals surface area contributed by atoms with E-state index in [9.17, 15) is 31.1 Å². The molecular formula is C3H3F5O7P2. The van der Waals surface area contributed by atoms with E-state index >= 15 is 0 Å². The van der Waals surface area contributed by atoms with Gasteiger partial charge in [0.15, 0.2) is 6.61 Å². The molecule has 14 heteroatoms. The molecule has 0 aromatic carbocycles. The van der Waals surface area contributed by atoms with Gasteiger partial charge in [-0.1, -0.05) is 0 Å². The lowest BCUT2D eigenvalue weighted by molar-refractivity contribution is -0.332. The molecule has 0 saturated carbocycles. The average Bonchev–Trinajstić information content (AvgIpc) is 1.92. The van der Waals surface area contributed by atoms with Crippen molar-refractivity contribution in [1.82, 2.24) is 0 Å². The van der Waals surface area contributed by atoms with Crippen LogP contribution in [0.4, 0.5) is 22.0 Å². The highest BCUT2D eigenvalue weighted by molar-refractivity contribution is 7.62. The lowest BCUT2D eigenvalue weighted by Gasteiger charge is -2.29. The first-order valence-corrected chi connectivity index (χ1v) is 6.43. The van der Waals surface area contributed by atoms with Crippen molar-refractivity contribution in [3.05, 3.63) is 0 Å². The first kappa shape index (κ1) is 15.0. The van der Waals surface area contributed by atoms with Crippen LogP contribution in [-0.4, -0.2) is 24.0 Å². The summed E-state index contributed by atoms with van der Waals surface area (Å²) in [5.74, 6) is 0. The summed E-state index contributed by atoms with van der Waals surface area (Å²) in [5, 5.41) is 0. The summed E-state index contributed by atoms with van der Waals surface area (Å²) in [7, 11) is -11.1. The zero-order valence-electron chi connectivity index (χ0n) is 7.39. The number of phosphoric acid groups is 2. The molecule has 1 fully saturated rings. The number of hydrogen-bond donors (Lipinski definition) is 1. The van der Waals surface area contributed by atoms with Crippen LogP contribution in [0.25, 0.3) is 0 Å². The number of halogens is 5. The Balaban J connectivity index is 2.82. The van der Waals surface area contributed by atoms with E-state index in [4.69, 9.17) is 4.89 Å². The second-order valence-electron chi connectivity index (χ2n) is 2.53. The van der Waals surface area contributed by atoms with Crippen molar-refractivity contribution < 1.29 is 53.9 Å². The normalized spacial score (nSPS) is 38.0. The standard InChI is InChI=1S/C3H3F5O7P2/c4-2(5,6)1-12-17(11)14-3(7,8)13-16(9,10)15-17/h1H2,(H,9,10). The van der Waals surface area contributed by atoms with E-state index in [1.54, 1.807) is 0 Å². The van der Waals surface area contributed by atoms with Crippen molar-refractivity contribution in [2.45, 2.75) is 12.5 Å². The molecule has 1 N–H and O–H groups in total. The summed E-state index contributed by atoms with van der Waals surface area (Å²) >= 11 is 0. The Morgan fingerprint density at radius 1 is 1.24 bits per heavy atom. The molecule has 7 nitrogen and oxygen atoms in total. The zero-order valence-corrected chi connectivity index (χ0v) is 9.18. The maximum absolute atomic E-state index is 12.4. The van der Waals surface area contributed by atoms with E-state index in [0.717, 1.165) is 0 Å². The highest BCUT2D eigenvalue weighted by Crippen LogP contribution is 2.71. The monoisotopic (exact) mass is 308 g/mol. The van der Waals surface area contributed by atoms with Gasteiger partial charge in [-0.25, -0.2) is 9.13 Å². The van der Waals surface area contributed by atoms with E-state index in [1.165, 1.54) is 0 Å². The Morgan fingerprint density at radius 2 is 1.76 bits per heavy atom. The highest BCUT2D eigenvalue weighted by atomic mass is 31.3. The third-order valence-electron chi connectivity index (χ3n) is 1.03. The Kier molecular flexibility index (Phi) is 3.73. The van der Waals surface area contributed by atoms with Crippen LogP contribution in [0.2, 0.25) is 0 Å². The second kappa shape index (κ2) is 4.23. The third-order valence-corrected chi connectivity index (χ3v) is 3.98. The van der Waals surface area contributed by atoms with Gasteiger partial charge < -0.3 is 4.89 Å². The molecule has 17 heavy (non-hydrogen) atoms. The maximum Gasteiger partial charge on any atom is 0.503 e. The minimum absolute atomic E-state index is 2.28. The minimum Gasteiger partial charge on any atom is -0.302 e. The van der Waals surface area contributed by atoms with Gasteiger partial charge in [0.2, 0.25) is 0 Å². The molecule has 102 valence electrons. The maximum atomic E-state index is 12.4. The SMILES string of the molecule is O=P1(O)OC(F)(F)OP(=O)(OCC(F)(F)F)O1. The fraction of sp³-hybridized carbons (Fsp3) is 1.00. The quantitative estimate of drug-likeness (QED) is 0.618. The molecule has 1 saturated heterocycles. The van der Waals surface area contributed by atoms with Gasteiger partial charge in [-0.05, 0) is 0 Å². The molecule has 1 aliphatic rings. The average molecular weight is 308 g/mol. The molecule has 0 spiro atoms. The first-order valence-electron chi connectivity index (χ1n) is 3.47. The van der Waals surface area contributed by atoms with Crippen LogP contribution in [0.1, 0.15) is 0 Å². The number of alkyl halides is 5. The van der Waals surface area contributed by atoms with Gasteiger partial charge in [0, 0.05) is 0 Å². The zero-order chi connectivity index (χ0) is 13.5. The van der Waals surface area contributed by atoms with Crippen LogP contribution in [0.3, 0.4) is 0 Å². The second-order valence-corrected chi connectivity index (χ2v) is 5.64. The highest BCUT2D eigenvalue weighted by Gasteiger charge is 2.59. The van der Waals surface area contributed by atoms with Crippen LogP contribution in [0.15, 0.2) is 0 Å². The van der Waals surface area contributed by atoms with Crippen molar-refractivity contribution in [1.29, 1.82) is 0 Å². The van der Waals surface area contributed by atoms with E-state index in [-0.39, 0.29) is 0 Å². The van der Waals surface area contributed by atoms with Crippen molar-refractivity contribution in [2.75, 3.05) is 6.61 Å². The van der Waals surface area contributed by atoms with Crippen LogP contribution < -0.4 is 0 Å². The van der Waals surface area contributed by atoms with Gasteiger partial charge in [0.05, 0.1) is 0 Å². The molecule has 1 heterocycles. The van der Waals surface area contributed by atoms with Crippen LogP contribution >= 0.6 is 15.6 Å². The van der Waals surface area contributed by atoms with Gasteiger partial charge in [0.1, 0.15) is 0 Å². The molecule has 0 aromatic heterocycles. The first-order chi connectivity index (χ1) is 7.33. The Morgan fingerprint density at radius 3 is 2.18 bits per heavy atom. The summed E-state index contributed by atoms with van der Waals surface area (Å²) in [6.07, 6.45) is -9.90. The fourth-order valence-electron chi connectivity index (χ4n) is 0.643. The number of rotatable bonds is 2. The van der Waals surface area contributed by atoms with Crippen LogP contribution in [-0.2, 0) is 27.0 Å². The number of phosphoric ester groups is 2. The van der Waals surface area contributed by atoms with Gasteiger partial charge in [-0.2, -0.15) is 26.5 Å². The molecular weight excluding hydrogens is 305 g/mol. The Bertz CT molecular complexity index is 391. The predicted molar refractivity (Wildman–Crippen MR) is 37.6 cm³/mol. The topological polar surface area (TPSA) is 91.3 Å². The van der Waals surface area contributed by atoms with Crippen LogP contribution in [0.5, 0.6) is 0 Å². The lowest BCUT2D eigenvalue weighted by Crippen LogP contribution is -2.29. The molecule has 1 rings (SSSR count). The van der Waals surface area contributed by atoms with E-state index in [0.29, 0.717) is 0 Å². The molecule has 0 aliphatic carbocycles. The molecule has 0 radical (unpaired) electrons. The Hall–Kier alpha value is -0.0900. The van der Waals surface area contributed by atoms with Gasteiger partial charge in [-0.3, -0.25) is 4.52 Å². The van der Waals surface area contributed by atoms with Crippen molar-refractivity contribution in [2.24, 2.45) is 0 Å². The van der Waals surface area contributed by atoms with Gasteiger partial charge >= 0.3 is 28.1 Å². The molecule has 0 amide bonds. The molecule has 0 aromatic rings. The van der Waals surface area contributed by atoms with Gasteiger partial charge in [0.25, 0.3) is 0 Å². The molecule has 2 atom stereocenters. The van der Waals surface area contributed by atoms with Crippen molar-refractivity contribution >= 4 is 15.6 Å². The van der Waals surface area contributed by atoms with Crippen molar-refractivity contribution in [3.63, 3.8) is 0 Å². The largest absolute Gasteiger partial charge is 0.503 e. The van der Waals surface area contributed by atoms with E-state index in [2.05, 4.69) is 17.9 Å². The predicted octanol–water partition coefficient (Wildman–Crippen LogP) is 2.39. The third kappa shape index (κ3) is 4.96. The fourth-order valence-corrected chi connectivity index (χ4v) is 3.13. The van der Waals surface area contributed by atoms with Crippen molar-refractivity contribution in [3.8, 4) is 0 Å². The lowest BCUT2D eigenvalue weighted by atomic mass is 10.7. The smallest absolute Gasteiger partial charge is 0.302 e. The molecule has 2 unspecified atom stereocenters. The molecule has 1 aliphatic heterocycles. The number of hydrogen-bond acceptors (Lipinski definition) is 6. The van der Waals surface area contributed by atoms with E-state index in [1.807, 2.05) is 0 Å². The summed E-state index contributed by atoms with van der Waals surface area (Å²) < 4.78 is 94.4. The Labute approximate surface area is 89.6 Å². The minimum atomic E-state index is -5.56. The van der Waals surface area contributed by atoms with Crippen LogP contribution in [0, 0.1) is 0 Å². The molecule has 0 bridgehead atoms. The van der Waals surface area contributed by atoms with Gasteiger partial charge in [-0.15, -0.1) is 8.78 Å². The summed E-state index contributed by atoms with van der Waals surface area (Å²) in [4.78, 5) is 8.49. The van der Waals surface area contributed by atoms with E-state index < -0.39 is 34.7 Å².